The van der Waals surface area contributed by atoms with Crippen LogP contribution in [0.15, 0.2) is 30.3 Å². The van der Waals surface area contributed by atoms with Gasteiger partial charge in [-0.25, -0.2) is 0 Å². The first kappa shape index (κ1) is 13.6. The molecule has 0 aromatic heterocycles. The summed E-state index contributed by atoms with van der Waals surface area (Å²) in [6.45, 7) is 0.714. The number of nitrogens with zero attached hydrogens (tertiary/aromatic N) is 1. The number of carbonyl (C=O) groups is 1. The van der Waals surface area contributed by atoms with Crippen molar-refractivity contribution in [1.82, 2.24) is 4.90 Å². The van der Waals surface area contributed by atoms with Gasteiger partial charge in [0.25, 0.3) is 5.91 Å². The van der Waals surface area contributed by atoms with Crippen LogP contribution in [0.5, 0.6) is 0 Å². The largest absolute Gasteiger partial charge is 0.396 e. The number of aliphatic hydroxyl groups is 1. The van der Waals surface area contributed by atoms with Crippen molar-refractivity contribution in [2.75, 3.05) is 13.2 Å². The van der Waals surface area contributed by atoms with E-state index in [4.69, 9.17) is 5.11 Å². The quantitative estimate of drug-likeness (QED) is 0.836. The second kappa shape index (κ2) is 6.96. The minimum Gasteiger partial charge on any atom is -0.396 e. The van der Waals surface area contributed by atoms with E-state index in [-0.39, 0.29) is 12.5 Å². The van der Waals surface area contributed by atoms with Crippen LogP contribution in [0.2, 0.25) is 0 Å². The Hall–Kier alpha value is -1.79. The van der Waals surface area contributed by atoms with E-state index in [9.17, 15) is 4.79 Å². The second-order valence-electron chi connectivity index (χ2n) is 4.78. The standard InChI is InChI=1S/C16H19NO2/c18-13-5-12-17(15-8-4-9-15)16(19)11-10-14-6-2-1-3-7-14/h1-3,6-7,15,18H,4-5,8-9,12-13H2. The van der Waals surface area contributed by atoms with Crippen LogP contribution in [0.3, 0.4) is 0 Å². The summed E-state index contributed by atoms with van der Waals surface area (Å²) in [6.07, 6.45) is 3.92. The number of hydrogen-bond acceptors (Lipinski definition) is 2. The molecule has 0 heterocycles. The van der Waals surface area contributed by atoms with E-state index < -0.39 is 0 Å². The maximum atomic E-state index is 12.1. The Morgan fingerprint density at radius 2 is 2.05 bits per heavy atom. The molecule has 0 spiro atoms. The van der Waals surface area contributed by atoms with Gasteiger partial charge in [-0.1, -0.05) is 24.1 Å². The third kappa shape index (κ3) is 3.84. The van der Waals surface area contributed by atoms with Crippen molar-refractivity contribution in [1.29, 1.82) is 0 Å². The Bertz CT molecular complexity index is 469. The highest BCUT2D eigenvalue weighted by Crippen LogP contribution is 2.24. The highest BCUT2D eigenvalue weighted by Gasteiger charge is 2.27. The molecule has 1 aliphatic rings. The molecule has 3 nitrogen and oxygen atoms in total. The second-order valence-corrected chi connectivity index (χ2v) is 4.78. The molecule has 0 radical (unpaired) electrons. The van der Waals surface area contributed by atoms with Crippen molar-refractivity contribution in [3.63, 3.8) is 0 Å². The Balaban J connectivity index is 2.01. The van der Waals surface area contributed by atoms with Crippen molar-refractivity contribution in [3.05, 3.63) is 35.9 Å². The minimum absolute atomic E-state index is 0.114. The molecule has 1 fully saturated rings. The lowest BCUT2D eigenvalue weighted by Gasteiger charge is -2.36. The zero-order valence-electron chi connectivity index (χ0n) is 11.0. The molecule has 1 N–H and O–H groups in total. The monoisotopic (exact) mass is 257 g/mol. The van der Waals surface area contributed by atoms with Gasteiger partial charge in [0.05, 0.1) is 0 Å². The highest BCUT2D eigenvalue weighted by atomic mass is 16.3. The number of amides is 1. The van der Waals surface area contributed by atoms with Crippen molar-refractivity contribution in [2.45, 2.75) is 31.7 Å². The molecule has 19 heavy (non-hydrogen) atoms. The summed E-state index contributed by atoms with van der Waals surface area (Å²) in [5.74, 6) is 5.49. The lowest BCUT2D eigenvalue weighted by molar-refractivity contribution is -0.129. The molecule has 3 heteroatoms. The highest BCUT2D eigenvalue weighted by molar-refractivity contribution is 5.94. The van der Waals surface area contributed by atoms with Crippen molar-refractivity contribution in [2.24, 2.45) is 0 Å². The van der Waals surface area contributed by atoms with Crippen LogP contribution in [0.4, 0.5) is 0 Å². The zero-order valence-corrected chi connectivity index (χ0v) is 11.0. The number of rotatable bonds is 4. The predicted octanol–water partition coefficient (Wildman–Crippen LogP) is 1.80. The first-order valence-corrected chi connectivity index (χ1v) is 6.80. The van der Waals surface area contributed by atoms with Crippen LogP contribution < -0.4 is 0 Å². The zero-order chi connectivity index (χ0) is 13.5. The molecule has 2 rings (SSSR count). The third-order valence-corrected chi connectivity index (χ3v) is 3.42. The normalized spacial score (nSPS) is 14.2. The predicted molar refractivity (Wildman–Crippen MR) is 74.4 cm³/mol. The molecule has 0 unspecified atom stereocenters. The summed E-state index contributed by atoms with van der Waals surface area (Å²) in [7, 11) is 0. The summed E-state index contributed by atoms with van der Waals surface area (Å²) >= 11 is 0. The molecular formula is C16H19NO2. The first-order chi connectivity index (χ1) is 9.31. The van der Waals surface area contributed by atoms with Crippen molar-refractivity contribution in [3.8, 4) is 11.8 Å². The fraction of sp³-hybridized carbons (Fsp3) is 0.438. The van der Waals surface area contributed by atoms with Crippen LogP contribution in [-0.2, 0) is 4.79 Å². The third-order valence-electron chi connectivity index (χ3n) is 3.42. The van der Waals surface area contributed by atoms with E-state index in [1.807, 2.05) is 35.2 Å². The summed E-state index contributed by atoms with van der Waals surface area (Å²) in [5.41, 5.74) is 0.853. The Labute approximate surface area is 114 Å². The lowest BCUT2D eigenvalue weighted by atomic mass is 9.91. The Morgan fingerprint density at radius 1 is 1.32 bits per heavy atom. The van der Waals surface area contributed by atoms with Gasteiger partial charge in [-0.3, -0.25) is 4.79 Å². The smallest absolute Gasteiger partial charge is 0.299 e. The Kier molecular flexibility index (Phi) is 5.00. The summed E-state index contributed by atoms with van der Waals surface area (Å²) in [5, 5.41) is 8.90. The molecule has 0 saturated heterocycles. The summed E-state index contributed by atoms with van der Waals surface area (Å²) in [6, 6.07) is 9.84. The maximum Gasteiger partial charge on any atom is 0.299 e. The van der Waals surface area contributed by atoms with Crippen LogP contribution in [0.25, 0.3) is 0 Å². The van der Waals surface area contributed by atoms with Crippen LogP contribution in [0, 0.1) is 11.8 Å². The fourth-order valence-electron chi connectivity index (χ4n) is 2.11. The first-order valence-electron chi connectivity index (χ1n) is 6.80. The van der Waals surface area contributed by atoms with E-state index in [1.165, 1.54) is 6.42 Å². The average molecular weight is 257 g/mol. The minimum atomic E-state index is -0.123. The van der Waals surface area contributed by atoms with Crippen molar-refractivity contribution < 1.29 is 9.90 Å². The van der Waals surface area contributed by atoms with Gasteiger partial charge in [0.1, 0.15) is 0 Å². The molecule has 1 amide bonds. The van der Waals surface area contributed by atoms with Gasteiger partial charge in [-0.05, 0) is 37.8 Å². The molecule has 1 aromatic carbocycles. The molecule has 1 aromatic rings. The van der Waals surface area contributed by atoms with E-state index >= 15 is 0 Å². The molecule has 0 atom stereocenters. The number of aliphatic hydroxyl groups excluding tert-OH is 1. The topological polar surface area (TPSA) is 40.5 Å². The summed E-state index contributed by atoms with van der Waals surface area (Å²) in [4.78, 5) is 13.9. The van der Waals surface area contributed by atoms with E-state index in [0.717, 1.165) is 18.4 Å². The number of hydrogen-bond donors (Lipinski definition) is 1. The van der Waals surface area contributed by atoms with Crippen LogP contribution in [0.1, 0.15) is 31.2 Å². The Morgan fingerprint density at radius 3 is 2.63 bits per heavy atom. The van der Waals surface area contributed by atoms with Crippen LogP contribution >= 0.6 is 0 Å². The van der Waals surface area contributed by atoms with Gasteiger partial charge in [0.15, 0.2) is 0 Å². The lowest BCUT2D eigenvalue weighted by Crippen LogP contribution is -2.44. The molecule has 0 bridgehead atoms. The SMILES string of the molecule is O=C(C#Cc1ccccc1)N(CCCO)C1CCC1. The average Bonchev–Trinajstić information content (AvgIpc) is 2.39. The molecule has 1 saturated carbocycles. The van der Waals surface area contributed by atoms with Gasteiger partial charge in [0, 0.05) is 30.7 Å². The fourth-order valence-corrected chi connectivity index (χ4v) is 2.11. The van der Waals surface area contributed by atoms with Gasteiger partial charge in [0.2, 0.25) is 0 Å². The van der Waals surface area contributed by atoms with Gasteiger partial charge in [-0.2, -0.15) is 0 Å². The van der Waals surface area contributed by atoms with Crippen LogP contribution in [-0.4, -0.2) is 35.1 Å². The molecular weight excluding hydrogens is 238 g/mol. The van der Waals surface area contributed by atoms with Gasteiger partial charge >= 0.3 is 0 Å². The molecule has 1 aliphatic carbocycles. The number of benzene rings is 1. The van der Waals surface area contributed by atoms with E-state index in [0.29, 0.717) is 19.0 Å². The summed E-state index contributed by atoms with van der Waals surface area (Å²) < 4.78 is 0. The van der Waals surface area contributed by atoms with E-state index in [1.54, 1.807) is 0 Å². The molecule has 0 aliphatic heterocycles. The van der Waals surface area contributed by atoms with Gasteiger partial charge < -0.3 is 10.0 Å². The van der Waals surface area contributed by atoms with Gasteiger partial charge in [-0.15, -0.1) is 0 Å². The maximum absolute atomic E-state index is 12.1. The molecule has 100 valence electrons. The number of carbonyl (C=O) groups excluding carboxylic acids is 1. The van der Waals surface area contributed by atoms with Crippen molar-refractivity contribution >= 4 is 5.91 Å². The van der Waals surface area contributed by atoms with E-state index in [2.05, 4.69) is 11.8 Å².